The lowest BCUT2D eigenvalue weighted by Gasteiger charge is -2.68. The number of para-hydroxylation sites is 6. The molecule has 0 N–H and O–H groups in total. The molecule has 594 valence electrons. The lowest BCUT2D eigenvalue weighted by atomic mass is 9.50. The number of hydrogen-bond donors (Lipinski definition) is 0. The number of hydrogen-bond acceptors (Lipinski definition) is 8. The van der Waals surface area contributed by atoms with Crippen molar-refractivity contribution in [3.8, 4) is 0 Å². The first-order valence-electron chi connectivity index (χ1n) is 44.0. The number of benzene rings is 6. The van der Waals surface area contributed by atoms with Crippen LogP contribution in [0.5, 0.6) is 0 Å². The number of piperidine rings is 10. The Morgan fingerprint density at radius 1 is 0.294 bits per heavy atom. The molecule has 24 rings (SSSR count). The molecule has 12 bridgehead atoms. The summed E-state index contributed by atoms with van der Waals surface area (Å²) in [5.74, 6) is 3.30. The Morgan fingerprint density at radius 2 is 0.642 bits per heavy atom. The fourth-order valence-corrected chi connectivity index (χ4v) is 25.7. The highest BCUT2D eigenvalue weighted by atomic mass is 15.5. The van der Waals surface area contributed by atoms with E-state index in [9.17, 15) is 0 Å². The molecular formula is C101H150N8. The minimum Gasteiger partial charge on any atom is -0.363 e. The van der Waals surface area contributed by atoms with Crippen LogP contribution in [0.15, 0.2) is 146 Å². The normalized spacial score (nSPS) is 39.6. The maximum absolute atomic E-state index is 2.76. The Hall–Kier alpha value is -5.96. The molecule has 6 aromatic rings. The zero-order valence-electron chi connectivity index (χ0n) is 73.4. The van der Waals surface area contributed by atoms with Crippen LogP contribution in [-0.2, 0) is 0 Å². The molecule has 16 unspecified atom stereocenters. The van der Waals surface area contributed by atoms with Gasteiger partial charge in [0.15, 0.2) is 0 Å². The van der Waals surface area contributed by atoms with E-state index < -0.39 is 0 Å². The van der Waals surface area contributed by atoms with Crippen molar-refractivity contribution in [2.45, 2.75) is 358 Å². The number of nitrogens with zero attached hydrogens (tertiary/aromatic N) is 8. The van der Waals surface area contributed by atoms with Crippen molar-refractivity contribution >= 4 is 34.1 Å². The predicted octanol–water partition coefficient (Wildman–Crippen LogP) is 24.9. The summed E-state index contributed by atoms with van der Waals surface area (Å²) in [7, 11) is 0. The molecular weight excluding hydrogens is 1330 g/mol. The lowest BCUT2D eigenvalue weighted by Crippen LogP contribution is -2.72. The van der Waals surface area contributed by atoms with E-state index in [-0.39, 0.29) is 0 Å². The van der Waals surface area contributed by atoms with Crippen LogP contribution < -0.4 is 29.4 Å². The summed E-state index contributed by atoms with van der Waals surface area (Å²) in [4.78, 5) is 21.5. The molecule has 0 radical (unpaired) electrons. The number of rotatable bonds is 6. The summed E-state index contributed by atoms with van der Waals surface area (Å²) in [5.41, 5.74) is 20.7. The SMILES string of the molecule is Cc1ccccc1N1C(C)C2(C)CCC1(C)C(C)C2C.Cc1ccccc1N1C(C)C2(C)CCC1(C)CC2.Cc1ccccc1N1C(C)C2(C)CCC1(C)CC2C.Cc1ccccc1N1C(C)C2CCC1(C)CC2.Cc1ccccc1N1C(C)N2CCC1(C)CC2.Cc1ccccc1N1C(C)N2CCC1(C)CC2C. The summed E-state index contributed by atoms with van der Waals surface area (Å²) in [6.07, 6.45) is 24.1. The molecule has 4 saturated carbocycles. The van der Waals surface area contributed by atoms with Gasteiger partial charge in [-0.2, -0.15) is 0 Å². The van der Waals surface area contributed by atoms with E-state index in [0.717, 1.165) is 29.7 Å². The van der Waals surface area contributed by atoms with Crippen LogP contribution in [0.3, 0.4) is 0 Å². The highest BCUT2D eigenvalue weighted by Gasteiger charge is 2.62. The molecule has 0 amide bonds. The monoisotopic (exact) mass is 1480 g/mol. The van der Waals surface area contributed by atoms with Crippen molar-refractivity contribution in [1.82, 2.24) is 9.80 Å². The highest BCUT2D eigenvalue weighted by Crippen LogP contribution is 2.62. The van der Waals surface area contributed by atoms with Gasteiger partial charge in [-0.1, -0.05) is 151 Å². The first kappa shape index (κ1) is 81.1. The molecule has 18 fully saturated rings. The Morgan fingerprint density at radius 3 is 1.06 bits per heavy atom. The average Bonchev–Trinajstić information content (AvgIpc) is 0.716. The second kappa shape index (κ2) is 30.4. The standard InChI is InChI=1S/C19H29N.C18H27N.C17H25N.C16H24N2.C16H23N.C15H22N2/c1-13-9-7-8-10-17(13)20-16(4)18(5)11-12-19(20,6)15(3)14(18)2;1-13-8-6-7-9-16(13)19-15(3)18(5)11-10-17(19,4)12-14(18)2;1-13-7-5-6-8-15(13)18-14(2)16(3)9-11-17(18,4)12-10-16;1-12-7-5-6-8-15(12)18-14(3)17-10-9-16(18,4)11-13(17)2;1-12-6-4-5-7-15(12)17-13(2)14-8-10-16(17,3)11-9-14;1-12-6-4-5-7-14(12)17-13(2)16-10-8-15(17,3)9-11-16/h7-10,14-16H,11-12H2,1-6H3;6-9,14-15H,10-12H2,1-5H3;5-8,14H,9-12H2,1-4H3;5-8,13-14H,9-11H2,1-4H3;4-7,13-14H,8-11H2,1-3H3;4-7,13H,8-11H2,1-3H3. The highest BCUT2D eigenvalue weighted by molar-refractivity contribution is 5.63. The first-order valence-corrected chi connectivity index (χ1v) is 44.0. The topological polar surface area (TPSA) is 25.9 Å². The molecule has 0 spiro atoms. The summed E-state index contributed by atoms with van der Waals surface area (Å²) in [5, 5.41) is 0. The van der Waals surface area contributed by atoms with Gasteiger partial charge in [0.1, 0.15) is 0 Å². The van der Waals surface area contributed by atoms with Crippen LogP contribution in [0.25, 0.3) is 0 Å². The van der Waals surface area contributed by atoms with Gasteiger partial charge in [0, 0.05) is 117 Å². The molecule has 6 aromatic carbocycles. The van der Waals surface area contributed by atoms with Gasteiger partial charge in [0.05, 0.1) is 12.3 Å². The Labute approximate surface area is 665 Å². The van der Waals surface area contributed by atoms with E-state index in [4.69, 9.17) is 0 Å². The fraction of sp³-hybridized carbons (Fsp3) is 0.644. The van der Waals surface area contributed by atoms with Crippen molar-refractivity contribution in [1.29, 1.82) is 0 Å². The molecule has 14 saturated heterocycles. The van der Waals surface area contributed by atoms with E-state index in [0.29, 0.717) is 86.0 Å². The Balaban J connectivity index is 0.000000115. The van der Waals surface area contributed by atoms with Gasteiger partial charge in [-0.05, 0) is 350 Å². The van der Waals surface area contributed by atoms with Crippen molar-refractivity contribution in [2.75, 3.05) is 49.0 Å². The number of fused-ring (bicyclic) bond motifs is 18. The minimum absolute atomic E-state index is 0.308. The van der Waals surface area contributed by atoms with Gasteiger partial charge in [0.25, 0.3) is 0 Å². The third kappa shape index (κ3) is 14.2. The van der Waals surface area contributed by atoms with Crippen LogP contribution in [0.4, 0.5) is 34.1 Å². The number of anilines is 6. The van der Waals surface area contributed by atoms with Gasteiger partial charge in [-0.15, -0.1) is 0 Å². The summed E-state index contributed by atoms with van der Waals surface area (Å²) in [6.45, 7) is 63.8. The number of aryl methyl sites for hydroxylation is 6. The van der Waals surface area contributed by atoms with E-state index >= 15 is 0 Å². The van der Waals surface area contributed by atoms with Crippen molar-refractivity contribution in [3.63, 3.8) is 0 Å². The van der Waals surface area contributed by atoms with E-state index in [1.807, 2.05) is 0 Å². The van der Waals surface area contributed by atoms with Crippen LogP contribution in [0.1, 0.15) is 274 Å². The van der Waals surface area contributed by atoms with Gasteiger partial charge >= 0.3 is 0 Å². The molecule has 4 aliphatic carbocycles. The maximum atomic E-state index is 2.76. The molecule has 8 nitrogen and oxygen atoms in total. The van der Waals surface area contributed by atoms with Crippen LogP contribution in [0.2, 0.25) is 0 Å². The van der Waals surface area contributed by atoms with Crippen molar-refractivity contribution in [3.05, 3.63) is 179 Å². The van der Waals surface area contributed by atoms with Crippen LogP contribution in [-0.4, -0.2) is 105 Å². The molecule has 109 heavy (non-hydrogen) atoms. The average molecular weight is 1480 g/mol. The molecule has 14 heterocycles. The summed E-state index contributed by atoms with van der Waals surface area (Å²) >= 11 is 0. The van der Waals surface area contributed by atoms with Crippen molar-refractivity contribution in [2.24, 2.45) is 39.9 Å². The van der Waals surface area contributed by atoms with Crippen LogP contribution in [0, 0.1) is 81.5 Å². The van der Waals surface area contributed by atoms with Gasteiger partial charge in [-0.3, -0.25) is 9.80 Å². The second-order valence-electron chi connectivity index (χ2n) is 40.6. The zero-order chi connectivity index (χ0) is 78.5. The maximum Gasteiger partial charge on any atom is 0.0800 e. The molecule has 14 aliphatic heterocycles. The molecule has 16 atom stereocenters. The predicted molar refractivity (Wildman–Crippen MR) is 471 cm³/mol. The largest absolute Gasteiger partial charge is 0.363 e. The third-order valence-corrected chi connectivity index (χ3v) is 34.3. The molecule has 0 aromatic heterocycles. The zero-order valence-corrected chi connectivity index (χ0v) is 73.4. The second-order valence-corrected chi connectivity index (χ2v) is 40.6. The van der Waals surface area contributed by atoms with E-state index in [1.54, 1.807) is 0 Å². The Kier molecular flexibility index (Phi) is 22.6. The quantitative estimate of drug-likeness (QED) is 0.163. The van der Waals surface area contributed by atoms with E-state index in [1.165, 1.54) is 196 Å². The van der Waals surface area contributed by atoms with Crippen LogP contribution >= 0.6 is 0 Å². The van der Waals surface area contributed by atoms with E-state index in [2.05, 4.69) is 358 Å². The van der Waals surface area contributed by atoms with Gasteiger partial charge in [-0.25, -0.2) is 0 Å². The summed E-state index contributed by atoms with van der Waals surface area (Å²) < 4.78 is 0. The van der Waals surface area contributed by atoms with Gasteiger partial charge in [0.2, 0.25) is 0 Å². The lowest BCUT2D eigenvalue weighted by molar-refractivity contribution is -0.0524. The fourth-order valence-electron chi connectivity index (χ4n) is 25.7. The van der Waals surface area contributed by atoms with Gasteiger partial charge < -0.3 is 29.4 Å². The molecule has 8 heteroatoms. The van der Waals surface area contributed by atoms with Crippen molar-refractivity contribution < 1.29 is 0 Å². The third-order valence-electron chi connectivity index (χ3n) is 34.3. The Bertz CT molecular complexity index is 4030. The minimum atomic E-state index is 0.308. The summed E-state index contributed by atoms with van der Waals surface area (Å²) in [6, 6.07) is 56.5. The smallest absolute Gasteiger partial charge is 0.0800 e. The molecule has 18 aliphatic rings. The first-order chi connectivity index (χ1) is 51.4.